The second-order valence-corrected chi connectivity index (χ2v) is 7.55. The van der Waals surface area contributed by atoms with Gasteiger partial charge >= 0.3 is 6.09 Å². The van der Waals surface area contributed by atoms with Gasteiger partial charge in [-0.15, -0.1) is 0 Å². The number of carbonyl (C=O) groups excluding carboxylic acids is 1. The van der Waals surface area contributed by atoms with Crippen molar-refractivity contribution in [2.45, 2.75) is 71.7 Å². The van der Waals surface area contributed by atoms with Crippen LogP contribution < -0.4 is 5.32 Å². The number of carbonyl (C=O) groups is 1. The summed E-state index contributed by atoms with van der Waals surface area (Å²) >= 11 is 0. The molecule has 1 aliphatic heterocycles. The van der Waals surface area contributed by atoms with Gasteiger partial charge in [0.15, 0.2) is 0 Å². The fourth-order valence-corrected chi connectivity index (χ4v) is 3.01. The van der Waals surface area contributed by atoms with Gasteiger partial charge in [0.1, 0.15) is 5.60 Å². The van der Waals surface area contributed by atoms with Crippen LogP contribution in [0.3, 0.4) is 0 Å². The second kappa shape index (κ2) is 7.35. The van der Waals surface area contributed by atoms with E-state index in [1.54, 1.807) is 0 Å². The highest BCUT2D eigenvalue weighted by atomic mass is 16.6. The van der Waals surface area contributed by atoms with E-state index >= 15 is 0 Å². The van der Waals surface area contributed by atoms with Crippen molar-refractivity contribution in [2.75, 3.05) is 6.54 Å². The Morgan fingerprint density at radius 2 is 2.04 bits per heavy atom. The number of piperidine rings is 1. The van der Waals surface area contributed by atoms with Gasteiger partial charge in [0, 0.05) is 25.2 Å². The Bertz CT molecular complexity index is 536. The molecule has 2 rings (SSSR count). The number of hydrogen-bond donors (Lipinski definition) is 1. The molecule has 23 heavy (non-hydrogen) atoms. The lowest BCUT2D eigenvalue weighted by Gasteiger charge is -2.38. The minimum absolute atomic E-state index is 0.192. The van der Waals surface area contributed by atoms with E-state index in [0.717, 1.165) is 25.9 Å². The van der Waals surface area contributed by atoms with Gasteiger partial charge in [-0.25, -0.2) is 4.79 Å². The molecule has 2 unspecified atom stereocenters. The maximum absolute atomic E-state index is 12.2. The molecular formula is C19H30N2O2. The molecule has 0 radical (unpaired) electrons. The lowest BCUT2D eigenvalue weighted by molar-refractivity contribution is 0.00932. The van der Waals surface area contributed by atoms with E-state index in [-0.39, 0.29) is 12.1 Å². The van der Waals surface area contributed by atoms with Crippen LogP contribution in [-0.4, -0.2) is 35.2 Å². The number of amides is 1. The Hall–Kier alpha value is -1.55. The third-order valence-corrected chi connectivity index (χ3v) is 4.35. The number of ether oxygens (including phenoxy) is 1. The number of nitrogens with one attached hydrogen (secondary N) is 1. The Labute approximate surface area is 140 Å². The maximum atomic E-state index is 12.2. The van der Waals surface area contributed by atoms with Crippen molar-refractivity contribution >= 4 is 6.09 Å². The molecule has 4 nitrogen and oxygen atoms in total. The summed E-state index contributed by atoms with van der Waals surface area (Å²) in [6, 6.07) is 9.11. The lowest BCUT2D eigenvalue weighted by Crippen LogP contribution is -2.50. The number of nitrogens with zero attached hydrogens (tertiary/aromatic N) is 1. The highest BCUT2D eigenvalue weighted by molar-refractivity contribution is 5.68. The number of rotatable bonds is 3. The number of aryl methyl sites for hydroxylation is 1. The summed E-state index contributed by atoms with van der Waals surface area (Å²) in [5.74, 6) is 0. The monoisotopic (exact) mass is 318 g/mol. The zero-order chi connectivity index (χ0) is 17.0. The molecule has 0 aromatic heterocycles. The van der Waals surface area contributed by atoms with Crippen LogP contribution in [-0.2, 0) is 11.3 Å². The second-order valence-electron chi connectivity index (χ2n) is 7.55. The normalized spacial score (nSPS) is 22.0. The SMILES string of the molecule is Cc1ccccc1CNC1CCN(C(=O)OC(C)(C)C)C(C)C1. The molecule has 1 N–H and O–H groups in total. The van der Waals surface area contributed by atoms with Crippen molar-refractivity contribution in [1.82, 2.24) is 10.2 Å². The molecule has 1 saturated heterocycles. The Morgan fingerprint density at radius 3 is 2.65 bits per heavy atom. The maximum Gasteiger partial charge on any atom is 0.410 e. The van der Waals surface area contributed by atoms with Gasteiger partial charge < -0.3 is 15.0 Å². The van der Waals surface area contributed by atoms with Gasteiger partial charge in [0.2, 0.25) is 0 Å². The van der Waals surface area contributed by atoms with Gasteiger partial charge in [-0.2, -0.15) is 0 Å². The fourth-order valence-electron chi connectivity index (χ4n) is 3.01. The largest absolute Gasteiger partial charge is 0.444 e. The van der Waals surface area contributed by atoms with Crippen LogP contribution in [0.4, 0.5) is 4.79 Å². The summed E-state index contributed by atoms with van der Waals surface area (Å²) in [7, 11) is 0. The van der Waals surface area contributed by atoms with Gasteiger partial charge in [-0.05, 0) is 58.6 Å². The average Bonchev–Trinajstić information content (AvgIpc) is 2.44. The summed E-state index contributed by atoms with van der Waals surface area (Å²) in [6.07, 6.45) is 1.74. The van der Waals surface area contributed by atoms with Crippen LogP contribution in [0.5, 0.6) is 0 Å². The molecule has 0 saturated carbocycles. The van der Waals surface area contributed by atoms with Crippen molar-refractivity contribution in [2.24, 2.45) is 0 Å². The van der Waals surface area contributed by atoms with E-state index in [4.69, 9.17) is 4.74 Å². The van der Waals surface area contributed by atoms with E-state index in [0.29, 0.717) is 6.04 Å². The summed E-state index contributed by atoms with van der Waals surface area (Å²) in [5, 5.41) is 3.64. The predicted octanol–water partition coefficient (Wildman–Crippen LogP) is 3.87. The minimum Gasteiger partial charge on any atom is -0.444 e. The third-order valence-electron chi connectivity index (χ3n) is 4.35. The van der Waals surface area contributed by atoms with E-state index < -0.39 is 5.60 Å². The zero-order valence-electron chi connectivity index (χ0n) is 15.1. The topological polar surface area (TPSA) is 41.6 Å². The number of hydrogen-bond acceptors (Lipinski definition) is 3. The van der Waals surface area contributed by atoms with Crippen LogP contribution in [0.1, 0.15) is 51.7 Å². The Morgan fingerprint density at radius 1 is 1.35 bits per heavy atom. The number of likely N-dealkylation sites (tertiary alicyclic amines) is 1. The minimum atomic E-state index is -0.434. The molecular weight excluding hydrogens is 288 g/mol. The van der Waals surface area contributed by atoms with Gasteiger partial charge in [0.25, 0.3) is 0 Å². The van der Waals surface area contributed by atoms with E-state index in [1.165, 1.54) is 11.1 Å². The first-order valence-electron chi connectivity index (χ1n) is 8.54. The first-order valence-corrected chi connectivity index (χ1v) is 8.54. The lowest BCUT2D eigenvalue weighted by atomic mass is 9.98. The smallest absolute Gasteiger partial charge is 0.410 e. The quantitative estimate of drug-likeness (QED) is 0.920. The molecule has 1 fully saturated rings. The number of benzene rings is 1. The first kappa shape index (κ1) is 17.8. The summed E-state index contributed by atoms with van der Waals surface area (Å²) in [4.78, 5) is 14.1. The molecule has 2 atom stereocenters. The fraction of sp³-hybridized carbons (Fsp3) is 0.632. The predicted molar refractivity (Wildman–Crippen MR) is 93.4 cm³/mol. The van der Waals surface area contributed by atoms with Crippen molar-refractivity contribution in [3.05, 3.63) is 35.4 Å². The molecule has 0 bridgehead atoms. The van der Waals surface area contributed by atoms with Crippen LogP contribution in [0, 0.1) is 6.92 Å². The highest BCUT2D eigenvalue weighted by Gasteiger charge is 2.31. The van der Waals surface area contributed by atoms with Gasteiger partial charge in [0.05, 0.1) is 0 Å². The van der Waals surface area contributed by atoms with Crippen LogP contribution in [0.25, 0.3) is 0 Å². The molecule has 4 heteroatoms. The van der Waals surface area contributed by atoms with Crippen molar-refractivity contribution in [3.63, 3.8) is 0 Å². The molecule has 1 heterocycles. The Balaban J connectivity index is 1.84. The van der Waals surface area contributed by atoms with E-state index in [2.05, 4.69) is 43.4 Å². The van der Waals surface area contributed by atoms with Gasteiger partial charge in [-0.3, -0.25) is 0 Å². The van der Waals surface area contributed by atoms with Crippen LogP contribution in [0.2, 0.25) is 0 Å². The van der Waals surface area contributed by atoms with Crippen molar-refractivity contribution in [3.8, 4) is 0 Å². The molecule has 1 aromatic rings. The molecule has 1 aromatic carbocycles. The molecule has 1 amide bonds. The molecule has 128 valence electrons. The summed E-state index contributed by atoms with van der Waals surface area (Å²) < 4.78 is 5.49. The molecule has 0 aliphatic carbocycles. The first-order chi connectivity index (χ1) is 10.8. The third kappa shape index (κ3) is 5.24. The zero-order valence-corrected chi connectivity index (χ0v) is 15.1. The summed E-state index contributed by atoms with van der Waals surface area (Å²) in [6.45, 7) is 11.6. The van der Waals surface area contributed by atoms with Crippen LogP contribution in [0.15, 0.2) is 24.3 Å². The Kier molecular flexibility index (Phi) is 5.69. The standard InChI is InChI=1S/C19H30N2O2/c1-14-8-6-7-9-16(14)13-20-17-10-11-21(15(2)12-17)18(22)23-19(3,4)5/h6-9,15,17,20H,10-13H2,1-5H3. The van der Waals surface area contributed by atoms with Crippen molar-refractivity contribution in [1.29, 1.82) is 0 Å². The molecule has 1 aliphatic rings. The van der Waals surface area contributed by atoms with E-state index in [1.807, 2.05) is 25.7 Å². The van der Waals surface area contributed by atoms with Gasteiger partial charge in [-0.1, -0.05) is 24.3 Å². The average molecular weight is 318 g/mol. The molecule has 0 spiro atoms. The van der Waals surface area contributed by atoms with Crippen molar-refractivity contribution < 1.29 is 9.53 Å². The highest BCUT2D eigenvalue weighted by Crippen LogP contribution is 2.21. The van der Waals surface area contributed by atoms with Crippen LogP contribution >= 0.6 is 0 Å². The summed E-state index contributed by atoms with van der Waals surface area (Å²) in [5.41, 5.74) is 2.23. The van der Waals surface area contributed by atoms with E-state index in [9.17, 15) is 4.79 Å².